The van der Waals surface area contributed by atoms with Crippen molar-refractivity contribution in [2.24, 2.45) is 0 Å². The van der Waals surface area contributed by atoms with Crippen LogP contribution in [0.5, 0.6) is 0 Å². The molecule has 0 bridgehead atoms. The van der Waals surface area contributed by atoms with E-state index in [9.17, 15) is 8.42 Å². The second kappa shape index (κ2) is 5.22. The molecule has 0 spiro atoms. The third-order valence-corrected chi connectivity index (χ3v) is 3.82. The largest absolute Gasteiger partial charge is 0.444 e. The quantitative estimate of drug-likeness (QED) is 0.902. The molecule has 0 amide bonds. The summed E-state index contributed by atoms with van der Waals surface area (Å²) in [6.45, 7) is 1.82. The second-order valence-corrected chi connectivity index (χ2v) is 5.71. The number of rotatable bonds is 5. The third kappa shape index (κ3) is 3.10. The number of anilines is 1. The first-order valence-electron chi connectivity index (χ1n) is 5.60. The van der Waals surface area contributed by atoms with Crippen LogP contribution in [-0.2, 0) is 10.0 Å². The fourth-order valence-corrected chi connectivity index (χ4v) is 2.72. The number of hydrogen-bond acceptors (Lipinski definition) is 4. The fourth-order valence-electron chi connectivity index (χ4n) is 1.59. The molecular weight excluding hydrogens is 252 g/mol. The third-order valence-electron chi connectivity index (χ3n) is 2.33. The molecule has 1 aromatic heterocycles. The molecule has 0 atom stereocenters. The molecule has 5 nitrogen and oxygen atoms in total. The smallest absolute Gasteiger partial charge is 0.232 e. The van der Waals surface area contributed by atoms with Crippen molar-refractivity contribution >= 4 is 15.7 Å². The molecule has 0 fully saturated rings. The maximum absolute atomic E-state index is 11.7. The van der Waals surface area contributed by atoms with Crippen LogP contribution >= 0.6 is 0 Å². The topological polar surface area (TPSA) is 72.2 Å². The molecule has 0 aliphatic heterocycles. The highest BCUT2D eigenvalue weighted by Crippen LogP contribution is 2.22. The zero-order chi connectivity index (χ0) is 13.0. The number of aromatic nitrogens is 1. The molecule has 0 saturated heterocycles. The molecule has 0 unspecified atom stereocenters. The highest BCUT2D eigenvalue weighted by atomic mass is 32.2. The van der Waals surface area contributed by atoms with E-state index in [1.807, 2.05) is 13.0 Å². The zero-order valence-corrected chi connectivity index (χ0v) is 10.8. The van der Waals surface area contributed by atoms with Gasteiger partial charge in [0.1, 0.15) is 0 Å². The summed E-state index contributed by atoms with van der Waals surface area (Å²) in [7, 11) is -3.27. The van der Waals surface area contributed by atoms with Crippen LogP contribution in [0.15, 0.2) is 41.3 Å². The highest BCUT2D eigenvalue weighted by Gasteiger charge is 2.09. The Morgan fingerprint density at radius 1 is 1.39 bits per heavy atom. The number of hydrogen-bond donors (Lipinski definition) is 1. The summed E-state index contributed by atoms with van der Waals surface area (Å²) < 4.78 is 31.0. The van der Waals surface area contributed by atoms with Crippen molar-refractivity contribution in [3.8, 4) is 11.3 Å². The Labute approximate surface area is 106 Å². The summed E-state index contributed by atoms with van der Waals surface area (Å²) >= 11 is 0. The van der Waals surface area contributed by atoms with Crippen LogP contribution in [0.3, 0.4) is 0 Å². The predicted molar refractivity (Wildman–Crippen MR) is 69.6 cm³/mol. The Morgan fingerprint density at radius 3 is 2.89 bits per heavy atom. The Bertz CT molecular complexity index is 606. The SMILES string of the molecule is CCCS(=O)(=O)Nc1cccc(-c2cnco2)c1. The van der Waals surface area contributed by atoms with Crippen molar-refractivity contribution in [1.82, 2.24) is 4.98 Å². The van der Waals surface area contributed by atoms with E-state index in [1.54, 1.807) is 24.4 Å². The summed E-state index contributed by atoms with van der Waals surface area (Å²) in [5, 5.41) is 0. The predicted octanol–water partition coefficient (Wildman–Crippen LogP) is 2.49. The van der Waals surface area contributed by atoms with E-state index in [2.05, 4.69) is 9.71 Å². The molecule has 6 heteroatoms. The lowest BCUT2D eigenvalue weighted by Gasteiger charge is -2.07. The molecule has 0 aliphatic carbocycles. The van der Waals surface area contributed by atoms with Crippen LogP contribution in [0, 0.1) is 0 Å². The molecule has 96 valence electrons. The van der Waals surface area contributed by atoms with Crippen LogP contribution in [-0.4, -0.2) is 19.2 Å². The molecule has 2 rings (SSSR count). The van der Waals surface area contributed by atoms with E-state index in [-0.39, 0.29) is 5.75 Å². The maximum Gasteiger partial charge on any atom is 0.232 e. The Morgan fingerprint density at radius 2 is 2.22 bits per heavy atom. The van der Waals surface area contributed by atoms with Gasteiger partial charge in [0, 0.05) is 11.3 Å². The fraction of sp³-hybridized carbons (Fsp3) is 0.250. The summed E-state index contributed by atoms with van der Waals surface area (Å²) in [6.07, 6.45) is 3.50. The van der Waals surface area contributed by atoms with E-state index < -0.39 is 10.0 Å². The minimum Gasteiger partial charge on any atom is -0.444 e. The van der Waals surface area contributed by atoms with E-state index in [0.717, 1.165) is 5.56 Å². The van der Waals surface area contributed by atoms with Crippen molar-refractivity contribution in [3.63, 3.8) is 0 Å². The first-order chi connectivity index (χ1) is 8.61. The van der Waals surface area contributed by atoms with Crippen LogP contribution in [0.1, 0.15) is 13.3 Å². The number of benzene rings is 1. The van der Waals surface area contributed by atoms with Crippen molar-refractivity contribution in [2.75, 3.05) is 10.5 Å². The van der Waals surface area contributed by atoms with Crippen molar-refractivity contribution < 1.29 is 12.8 Å². The lowest BCUT2D eigenvalue weighted by atomic mass is 10.2. The number of nitrogens with zero attached hydrogens (tertiary/aromatic N) is 1. The van der Waals surface area contributed by atoms with Gasteiger partial charge in [-0.05, 0) is 18.6 Å². The molecule has 1 heterocycles. The Balaban J connectivity index is 2.23. The normalized spacial score (nSPS) is 11.4. The van der Waals surface area contributed by atoms with Gasteiger partial charge in [-0.2, -0.15) is 0 Å². The maximum atomic E-state index is 11.7. The van der Waals surface area contributed by atoms with Gasteiger partial charge < -0.3 is 4.42 Å². The summed E-state index contributed by atoms with van der Waals surface area (Å²) in [5.41, 5.74) is 1.31. The Kier molecular flexibility index (Phi) is 3.66. The van der Waals surface area contributed by atoms with E-state index in [0.29, 0.717) is 17.9 Å². The van der Waals surface area contributed by atoms with Crippen LogP contribution in [0.25, 0.3) is 11.3 Å². The molecule has 1 N–H and O–H groups in total. The van der Waals surface area contributed by atoms with Crippen molar-refractivity contribution in [2.45, 2.75) is 13.3 Å². The van der Waals surface area contributed by atoms with Gasteiger partial charge >= 0.3 is 0 Å². The van der Waals surface area contributed by atoms with E-state index >= 15 is 0 Å². The van der Waals surface area contributed by atoms with Gasteiger partial charge in [-0.15, -0.1) is 0 Å². The minimum atomic E-state index is -3.27. The molecule has 18 heavy (non-hydrogen) atoms. The van der Waals surface area contributed by atoms with Gasteiger partial charge in [0.2, 0.25) is 10.0 Å². The van der Waals surface area contributed by atoms with Crippen molar-refractivity contribution in [1.29, 1.82) is 0 Å². The van der Waals surface area contributed by atoms with E-state index in [4.69, 9.17) is 4.42 Å². The van der Waals surface area contributed by atoms with Crippen LogP contribution in [0.4, 0.5) is 5.69 Å². The molecule has 0 saturated carbocycles. The zero-order valence-electron chi connectivity index (χ0n) is 9.96. The average molecular weight is 266 g/mol. The standard InChI is InChI=1S/C12H14N2O3S/c1-2-6-18(15,16)14-11-5-3-4-10(7-11)12-8-13-9-17-12/h3-5,7-9,14H,2,6H2,1H3. The minimum absolute atomic E-state index is 0.111. The monoisotopic (exact) mass is 266 g/mol. The van der Waals surface area contributed by atoms with Crippen LogP contribution in [0.2, 0.25) is 0 Å². The Hall–Kier alpha value is -1.82. The molecule has 0 radical (unpaired) electrons. The van der Waals surface area contributed by atoms with Crippen LogP contribution < -0.4 is 4.72 Å². The highest BCUT2D eigenvalue weighted by molar-refractivity contribution is 7.92. The van der Waals surface area contributed by atoms with Gasteiger partial charge in [-0.1, -0.05) is 19.1 Å². The van der Waals surface area contributed by atoms with Gasteiger partial charge in [0.15, 0.2) is 12.2 Å². The molecule has 1 aromatic carbocycles. The van der Waals surface area contributed by atoms with Gasteiger partial charge in [0.25, 0.3) is 0 Å². The van der Waals surface area contributed by atoms with Gasteiger partial charge in [-0.3, -0.25) is 4.72 Å². The average Bonchev–Trinajstić information content (AvgIpc) is 2.81. The molecular formula is C12H14N2O3S. The number of nitrogens with one attached hydrogen (secondary N) is 1. The van der Waals surface area contributed by atoms with Gasteiger partial charge in [-0.25, -0.2) is 13.4 Å². The second-order valence-electron chi connectivity index (χ2n) is 3.87. The van der Waals surface area contributed by atoms with Crippen molar-refractivity contribution in [3.05, 3.63) is 36.9 Å². The molecule has 0 aliphatic rings. The summed E-state index contributed by atoms with van der Waals surface area (Å²) in [6, 6.07) is 7.01. The lowest BCUT2D eigenvalue weighted by molar-refractivity contribution is 0.572. The summed E-state index contributed by atoms with van der Waals surface area (Å²) in [4.78, 5) is 3.83. The van der Waals surface area contributed by atoms with E-state index in [1.165, 1.54) is 6.39 Å². The number of sulfonamides is 1. The summed E-state index contributed by atoms with van der Waals surface area (Å²) in [5.74, 6) is 0.714. The number of oxazole rings is 1. The first-order valence-corrected chi connectivity index (χ1v) is 7.25. The first kappa shape index (κ1) is 12.6. The lowest BCUT2D eigenvalue weighted by Crippen LogP contribution is -2.15. The van der Waals surface area contributed by atoms with Gasteiger partial charge in [0.05, 0.1) is 11.9 Å². The molecule has 2 aromatic rings.